The van der Waals surface area contributed by atoms with Crippen molar-refractivity contribution in [2.24, 2.45) is 0 Å². The van der Waals surface area contributed by atoms with E-state index in [1.165, 1.54) is 0 Å². The van der Waals surface area contributed by atoms with Crippen LogP contribution in [0.15, 0.2) is 22.7 Å². The van der Waals surface area contributed by atoms with E-state index in [2.05, 4.69) is 31.9 Å². The van der Waals surface area contributed by atoms with Crippen LogP contribution in [0.2, 0.25) is 5.02 Å². The molecular weight excluding hydrogens is 331 g/mol. The van der Waals surface area contributed by atoms with Crippen LogP contribution in [0.1, 0.15) is 23.2 Å². The molecule has 0 heterocycles. The molecule has 0 amide bonds. The number of Topliss-reactive ketones (excluding diaryl/α,β-unsaturated/α-hetero) is 1. The second kappa shape index (κ2) is 5.89. The molecule has 0 aliphatic rings. The molecule has 1 nitrogen and oxygen atoms in total. The van der Waals surface area contributed by atoms with Gasteiger partial charge in [-0.15, -0.1) is 0 Å². The van der Waals surface area contributed by atoms with E-state index in [1.807, 2.05) is 6.07 Å². The van der Waals surface area contributed by atoms with E-state index >= 15 is 0 Å². The van der Waals surface area contributed by atoms with Crippen molar-refractivity contribution < 1.29 is 4.79 Å². The third-order valence-corrected chi connectivity index (χ3v) is 3.14. The molecule has 0 fully saturated rings. The number of hydrogen-bond acceptors (Lipinski definition) is 1. The van der Waals surface area contributed by atoms with Crippen LogP contribution >= 0.6 is 43.5 Å². The fourth-order valence-corrected chi connectivity index (χ4v) is 2.14. The van der Waals surface area contributed by atoms with Crippen molar-refractivity contribution in [2.45, 2.75) is 12.8 Å². The maximum absolute atomic E-state index is 11.6. The molecule has 14 heavy (non-hydrogen) atoms. The third-order valence-electron chi connectivity index (χ3n) is 1.77. The van der Waals surface area contributed by atoms with Crippen LogP contribution in [0.25, 0.3) is 0 Å². The molecule has 0 aromatic heterocycles. The molecule has 0 atom stereocenters. The monoisotopic (exact) mass is 338 g/mol. The number of hydrogen-bond donors (Lipinski definition) is 0. The van der Waals surface area contributed by atoms with Crippen molar-refractivity contribution in [1.82, 2.24) is 0 Å². The average Bonchev–Trinajstić information content (AvgIpc) is 2.14. The zero-order chi connectivity index (χ0) is 10.6. The molecule has 1 rings (SSSR count). The van der Waals surface area contributed by atoms with Gasteiger partial charge in [0.25, 0.3) is 0 Å². The Kier molecular flexibility index (Phi) is 5.13. The van der Waals surface area contributed by atoms with Gasteiger partial charge in [0.1, 0.15) is 0 Å². The van der Waals surface area contributed by atoms with Gasteiger partial charge in [0, 0.05) is 21.8 Å². The minimum absolute atomic E-state index is 0.0990. The standard InChI is InChI=1S/C10H9Br2ClO/c11-5-1-2-10(14)8-4-3-7(12)6-9(8)13/h3-4,6H,1-2,5H2. The molecule has 0 aliphatic heterocycles. The van der Waals surface area contributed by atoms with Crippen LogP contribution < -0.4 is 0 Å². The number of ketones is 1. The third kappa shape index (κ3) is 3.37. The van der Waals surface area contributed by atoms with Gasteiger partial charge in [0.15, 0.2) is 5.78 Å². The van der Waals surface area contributed by atoms with Crippen LogP contribution in [-0.2, 0) is 0 Å². The van der Waals surface area contributed by atoms with Gasteiger partial charge < -0.3 is 0 Å². The zero-order valence-electron chi connectivity index (χ0n) is 7.40. The van der Waals surface area contributed by atoms with Crippen molar-refractivity contribution >= 4 is 49.2 Å². The van der Waals surface area contributed by atoms with Gasteiger partial charge in [-0.3, -0.25) is 4.79 Å². The van der Waals surface area contributed by atoms with E-state index in [0.717, 1.165) is 16.2 Å². The Balaban J connectivity index is 2.80. The first kappa shape index (κ1) is 12.2. The summed E-state index contributed by atoms with van der Waals surface area (Å²) in [6.07, 6.45) is 1.37. The van der Waals surface area contributed by atoms with Gasteiger partial charge in [-0.1, -0.05) is 43.5 Å². The number of halogens is 3. The largest absolute Gasteiger partial charge is 0.294 e. The van der Waals surface area contributed by atoms with Crippen molar-refractivity contribution in [3.8, 4) is 0 Å². The van der Waals surface area contributed by atoms with Crippen LogP contribution in [0, 0.1) is 0 Å². The first-order valence-electron chi connectivity index (χ1n) is 4.19. The summed E-state index contributed by atoms with van der Waals surface area (Å²) in [7, 11) is 0. The molecule has 1 aromatic rings. The zero-order valence-corrected chi connectivity index (χ0v) is 11.3. The summed E-state index contributed by atoms with van der Waals surface area (Å²) in [6, 6.07) is 5.32. The Labute approximate surface area is 105 Å². The van der Waals surface area contributed by atoms with Crippen LogP contribution in [-0.4, -0.2) is 11.1 Å². The summed E-state index contributed by atoms with van der Waals surface area (Å²) in [6.45, 7) is 0. The smallest absolute Gasteiger partial charge is 0.164 e. The predicted molar refractivity (Wildman–Crippen MR) is 66.5 cm³/mol. The summed E-state index contributed by atoms with van der Waals surface area (Å²) < 4.78 is 0.888. The van der Waals surface area contributed by atoms with Crippen LogP contribution in [0.3, 0.4) is 0 Å². The predicted octanol–water partition coefficient (Wildman–Crippen LogP) is 4.46. The Morgan fingerprint density at radius 2 is 2.14 bits per heavy atom. The Hall–Kier alpha value is 0.140. The van der Waals surface area contributed by atoms with Gasteiger partial charge in [0.05, 0.1) is 5.02 Å². The summed E-state index contributed by atoms with van der Waals surface area (Å²) in [5.41, 5.74) is 0.607. The quantitative estimate of drug-likeness (QED) is 0.584. The van der Waals surface area contributed by atoms with Crippen LogP contribution in [0.4, 0.5) is 0 Å². The van der Waals surface area contributed by atoms with E-state index in [-0.39, 0.29) is 5.78 Å². The Bertz CT molecular complexity index is 339. The van der Waals surface area contributed by atoms with E-state index < -0.39 is 0 Å². The molecule has 76 valence electrons. The van der Waals surface area contributed by atoms with Gasteiger partial charge in [-0.2, -0.15) is 0 Å². The highest BCUT2D eigenvalue weighted by molar-refractivity contribution is 9.10. The van der Waals surface area contributed by atoms with Crippen LogP contribution in [0.5, 0.6) is 0 Å². The van der Waals surface area contributed by atoms with Gasteiger partial charge in [-0.05, 0) is 24.6 Å². The molecule has 0 N–H and O–H groups in total. The van der Waals surface area contributed by atoms with Crippen molar-refractivity contribution in [1.29, 1.82) is 0 Å². The van der Waals surface area contributed by atoms with E-state index in [1.54, 1.807) is 12.1 Å². The van der Waals surface area contributed by atoms with Gasteiger partial charge in [0.2, 0.25) is 0 Å². The summed E-state index contributed by atoms with van der Waals surface area (Å²) in [5, 5.41) is 1.35. The number of carbonyl (C=O) groups is 1. The van der Waals surface area contributed by atoms with Crippen molar-refractivity contribution in [2.75, 3.05) is 5.33 Å². The fourth-order valence-electron chi connectivity index (χ4n) is 1.08. The molecule has 1 aromatic carbocycles. The maximum atomic E-state index is 11.6. The molecule has 0 unspecified atom stereocenters. The molecule has 4 heteroatoms. The molecule has 0 spiro atoms. The number of alkyl halides is 1. The highest BCUT2D eigenvalue weighted by Crippen LogP contribution is 2.22. The average molecular weight is 340 g/mol. The van der Waals surface area contributed by atoms with E-state index in [9.17, 15) is 4.79 Å². The van der Waals surface area contributed by atoms with E-state index in [0.29, 0.717) is 17.0 Å². The first-order valence-corrected chi connectivity index (χ1v) is 6.48. The highest BCUT2D eigenvalue weighted by Gasteiger charge is 2.09. The highest BCUT2D eigenvalue weighted by atomic mass is 79.9. The number of rotatable bonds is 4. The molecule has 0 radical (unpaired) electrons. The SMILES string of the molecule is O=C(CCCBr)c1ccc(Br)cc1Cl. The minimum atomic E-state index is 0.0990. The normalized spacial score (nSPS) is 10.2. The molecule has 0 saturated heterocycles. The lowest BCUT2D eigenvalue weighted by molar-refractivity contribution is 0.0982. The lowest BCUT2D eigenvalue weighted by Crippen LogP contribution is -2.00. The topological polar surface area (TPSA) is 17.1 Å². The van der Waals surface area contributed by atoms with Gasteiger partial charge in [-0.25, -0.2) is 0 Å². The van der Waals surface area contributed by atoms with Crippen molar-refractivity contribution in [3.05, 3.63) is 33.3 Å². The minimum Gasteiger partial charge on any atom is -0.294 e. The molecule has 0 bridgehead atoms. The Morgan fingerprint density at radius 3 is 2.71 bits per heavy atom. The van der Waals surface area contributed by atoms with Crippen molar-refractivity contribution in [3.63, 3.8) is 0 Å². The second-order valence-corrected chi connectivity index (χ2v) is 4.96. The Morgan fingerprint density at radius 1 is 1.43 bits per heavy atom. The number of carbonyl (C=O) groups excluding carboxylic acids is 1. The summed E-state index contributed by atoms with van der Waals surface area (Å²) >= 11 is 12.5. The molecule has 0 saturated carbocycles. The molecular formula is C10H9Br2ClO. The summed E-state index contributed by atoms with van der Waals surface area (Å²) in [5.74, 6) is 0.0990. The maximum Gasteiger partial charge on any atom is 0.164 e. The van der Waals surface area contributed by atoms with E-state index in [4.69, 9.17) is 11.6 Å². The molecule has 0 aliphatic carbocycles. The number of benzene rings is 1. The lowest BCUT2D eigenvalue weighted by atomic mass is 10.1. The van der Waals surface area contributed by atoms with Gasteiger partial charge >= 0.3 is 0 Å². The lowest BCUT2D eigenvalue weighted by Gasteiger charge is -2.02. The first-order chi connectivity index (χ1) is 6.65. The summed E-state index contributed by atoms with van der Waals surface area (Å²) in [4.78, 5) is 11.6. The fraction of sp³-hybridized carbons (Fsp3) is 0.300. The second-order valence-electron chi connectivity index (χ2n) is 2.84.